The van der Waals surface area contributed by atoms with Crippen LogP contribution in [0.3, 0.4) is 0 Å². The van der Waals surface area contributed by atoms with Crippen LogP contribution >= 0.6 is 38.5 Å². The molecule has 1 amide bonds. The molecule has 0 bridgehead atoms. The molecular formula is C9H9BrINO3. The lowest BCUT2D eigenvalue weighted by Crippen LogP contribution is -2.25. The molecule has 0 radical (unpaired) electrons. The van der Waals surface area contributed by atoms with Crippen molar-refractivity contribution in [2.24, 2.45) is 0 Å². The maximum absolute atomic E-state index is 11.5. The number of nitrogens with one attached hydrogen (secondary N) is 1. The zero-order valence-electron chi connectivity index (χ0n) is 7.67. The van der Waals surface area contributed by atoms with Gasteiger partial charge in [-0.15, -0.1) is 0 Å². The fraction of sp³-hybridized carbons (Fsp3) is 0.222. The van der Waals surface area contributed by atoms with Crippen LogP contribution in [0.25, 0.3) is 0 Å². The van der Waals surface area contributed by atoms with E-state index in [1.807, 2.05) is 6.07 Å². The van der Waals surface area contributed by atoms with E-state index in [1.54, 1.807) is 12.1 Å². The Balaban J connectivity index is 2.65. The lowest BCUT2D eigenvalue weighted by molar-refractivity contribution is 0.0168. The quantitative estimate of drug-likeness (QED) is 0.471. The summed E-state index contributed by atoms with van der Waals surface area (Å²) < 4.78 is 1.79. The van der Waals surface area contributed by atoms with Crippen molar-refractivity contribution in [2.45, 2.75) is 0 Å². The Morgan fingerprint density at radius 1 is 1.53 bits per heavy atom. The number of halogens is 2. The first kappa shape index (κ1) is 12.9. The molecule has 0 saturated heterocycles. The predicted octanol–water partition coefficient (Wildman–Crippen LogP) is 1.71. The standard InChI is InChI=1S/C9H9BrINO3/c10-7-3-6(4-8(11)5-7)9(14)12-15-2-1-13/h3-5,13H,1-2H2,(H,12,14). The van der Waals surface area contributed by atoms with E-state index in [4.69, 9.17) is 9.94 Å². The molecule has 0 unspecified atom stereocenters. The molecule has 4 nitrogen and oxygen atoms in total. The Bertz CT molecular complexity index is 339. The lowest BCUT2D eigenvalue weighted by Gasteiger charge is -2.05. The van der Waals surface area contributed by atoms with Crippen molar-refractivity contribution < 1.29 is 14.7 Å². The molecule has 1 rings (SSSR count). The van der Waals surface area contributed by atoms with Crippen LogP contribution in [0.2, 0.25) is 0 Å². The van der Waals surface area contributed by atoms with Crippen molar-refractivity contribution in [3.8, 4) is 0 Å². The first-order chi connectivity index (χ1) is 7.13. The van der Waals surface area contributed by atoms with Crippen LogP contribution in [0.5, 0.6) is 0 Å². The SMILES string of the molecule is O=C(NOCCO)c1cc(Br)cc(I)c1. The van der Waals surface area contributed by atoms with E-state index in [0.29, 0.717) is 5.56 Å². The molecule has 0 aliphatic heterocycles. The molecule has 0 aliphatic rings. The summed E-state index contributed by atoms with van der Waals surface area (Å²) in [7, 11) is 0. The highest BCUT2D eigenvalue weighted by Gasteiger charge is 2.06. The van der Waals surface area contributed by atoms with Crippen LogP contribution in [-0.2, 0) is 4.84 Å². The molecule has 0 saturated carbocycles. The molecular weight excluding hydrogens is 377 g/mol. The number of benzene rings is 1. The average Bonchev–Trinajstić information content (AvgIpc) is 2.16. The molecule has 0 aromatic heterocycles. The van der Waals surface area contributed by atoms with E-state index in [-0.39, 0.29) is 19.1 Å². The number of aliphatic hydroxyl groups excluding tert-OH is 1. The van der Waals surface area contributed by atoms with Crippen molar-refractivity contribution in [3.05, 3.63) is 31.8 Å². The Morgan fingerprint density at radius 2 is 2.27 bits per heavy atom. The van der Waals surface area contributed by atoms with Gasteiger partial charge in [0.25, 0.3) is 5.91 Å². The average molecular weight is 386 g/mol. The molecule has 1 aromatic rings. The highest BCUT2D eigenvalue weighted by molar-refractivity contribution is 14.1. The van der Waals surface area contributed by atoms with E-state index in [0.717, 1.165) is 8.04 Å². The number of carbonyl (C=O) groups excluding carboxylic acids is 1. The van der Waals surface area contributed by atoms with Gasteiger partial charge >= 0.3 is 0 Å². The first-order valence-electron chi connectivity index (χ1n) is 4.12. The van der Waals surface area contributed by atoms with Gasteiger partial charge < -0.3 is 5.11 Å². The third-order valence-corrected chi connectivity index (χ3v) is 2.56. The van der Waals surface area contributed by atoms with Crippen LogP contribution in [0.15, 0.2) is 22.7 Å². The largest absolute Gasteiger partial charge is 0.394 e. The molecule has 6 heteroatoms. The summed E-state index contributed by atoms with van der Waals surface area (Å²) in [4.78, 5) is 16.2. The van der Waals surface area contributed by atoms with E-state index in [1.165, 1.54) is 0 Å². The van der Waals surface area contributed by atoms with Crippen molar-refractivity contribution >= 4 is 44.4 Å². The van der Waals surface area contributed by atoms with Gasteiger partial charge in [0.15, 0.2) is 0 Å². The maximum atomic E-state index is 11.5. The Hall–Kier alpha value is -0.180. The molecule has 0 fully saturated rings. The van der Waals surface area contributed by atoms with Crippen molar-refractivity contribution in [2.75, 3.05) is 13.2 Å². The Labute approximate surface area is 109 Å². The molecule has 2 N–H and O–H groups in total. The van der Waals surface area contributed by atoms with Crippen molar-refractivity contribution in [3.63, 3.8) is 0 Å². The second kappa shape index (κ2) is 6.41. The van der Waals surface area contributed by atoms with E-state index < -0.39 is 0 Å². The van der Waals surface area contributed by atoms with Gasteiger partial charge in [0.2, 0.25) is 0 Å². The van der Waals surface area contributed by atoms with E-state index >= 15 is 0 Å². The van der Waals surface area contributed by atoms with Gasteiger partial charge in [-0.05, 0) is 40.8 Å². The number of amides is 1. The topological polar surface area (TPSA) is 58.6 Å². The summed E-state index contributed by atoms with van der Waals surface area (Å²) in [6, 6.07) is 5.33. The summed E-state index contributed by atoms with van der Waals surface area (Å²) in [6.45, 7) is -0.0485. The Morgan fingerprint density at radius 3 is 2.87 bits per heavy atom. The summed E-state index contributed by atoms with van der Waals surface area (Å²) >= 11 is 5.42. The van der Waals surface area contributed by atoms with Gasteiger partial charge in [0.05, 0.1) is 13.2 Å². The number of aliphatic hydroxyl groups is 1. The van der Waals surface area contributed by atoms with E-state index in [2.05, 4.69) is 44.0 Å². The molecule has 82 valence electrons. The summed E-state index contributed by atoms with van der Waals surface area (Å²) in [6.07, 6.45) is 0. The van der Waals surface area contributed by atoms with E-state index in [9.17, 15) is 4.79 Å². The zero-order chi connectivity index (χ0) is 11.3. The molecule has 0 heterocycles. The van der Waals surface area contributed by atoms with Gasteiger partial charge in [-0.3, -0.25) is 9.63 Å². The van der Waals surface area contributed by atoms with Crippen molar-refractivity contribution in [1.29, 1.82) is 0 Å². The third-order valence-electron chi connectivity index (χ3n) is 1.48. The van der Waals surface area contributed by atoms with Crippen LogP contribution in [-0.4, -0.2) is 24.2 Å². The van der Waals surface area contributed by atoms with Gasteiger partial charge in [-0.2, -0.15) is 0 Å². The predicted molar refractivity (Wildman–Crippen MR) is 67.4 cm³/mol. The number of hydrogen-bond donors (Lipinski definition) is 2. The zero-order valence-corrected chi connectivity index (χ0v) is 11.4. The summed E-state index contributed by atoms with van der Waals surface area (Å²) in [5, 5.41) is 8.45. The maximum Gasteiger partial charge on any atom is 0.274 e. The smallest absolute Gasteiger partial charge is 0.274 e. The van der Waals surface area contributed by atoms with Gasteiger partial charge in [-0.25, -0.2) is 5.48 Å². The molecule has 0 atom stereocenters. The second-order valence-electron chi connectivity index (χ2n) is 2.66. The highest BCUT2D eigenvalue weighted by atomic mass is 127. The minimum absolute atomic E-state index is 0.0802. The normalized spacial score (nSPS) is 10.1. The van der Waals surface area contributed by atoms with Crippen LogP contribution < -0.4 is 5.48 Å². The van der Waals surface area contributed by atoms with Crippen LogP contribution in [0, 0.1) is 3.57 Å². The minimum atomic E-state index is -0.331. The Kier molecular flexibility index (Phi) is 5.51. The lowest BCUT2D eigenvalue weighted by atomic mass is 10.2. The van der Waals surface area contributed by atoms with Gasteiger partial charge in [-0.1, -0.05) is 15.9 Å². The first-order valence-corrected chi connectivity index (χ1v) is 5.99. The van der Waals surface area contributed by atoms with Gasteiger partial charge in [0, 0.05) is 13.6 Å². The highest BCUT2D eigenvalue weighted by Crippen LogP contribution is 2.17. The fourth-order valence-electron chi connectivity index (χ4n) is 0.906. The van der Waals surface area contributed by atoms with Crippen LogP contribution in [0.1, 0.15) is 10.4 Å². The van der Waals surface area contributed by atoms with Crippen molar-refractivity contribution in [1.82, 2.24) is 5.48 Å². The number of hydrogen-bond acceptors (Lipinski definition) is 3. The minimum Gasteiger partial charge on any atom is -0.394 e. The molecule has 0 spiro atoms. The second-order valence-corrected chi connectivity index (χ2v) is 4.82. The van der Waals surface area contributed by atoms with Gasteiger partial charge in [0.1, 0.15) is 0 Å². The monoisotopic (exact) mass is 385 g/mol. The number of hydroxylamine groups is 1. The summed E-state index contributed by atoms with van der Waals surface area (Å²) in [5.74, 6) is -0.331. The van der Waals surface area contributed by atoms with Crippen LogP contribution in [0.4, 0.5) is 0 Å². The number of carbonyl (C=O) groups is 1. The summed E-state index contributed by atoms with van der Waals surface area (Å²) in [5.41, 5.74) is 2.74. The molecule has 15 heavy (non-hydrogen) atoms. The fourth-order valence-corrected chi connectivity index (χ4v) is 2.50. The molecule has 1 aromatic carbocycles. The number of rotatable bonds is 4. The molecule has 0 aliphatic carbocycles. The third kappa shape index (κ3) is 4.45.